The molecule has 0 unspecified atom stereocenters. The number of hydrogen-bond donors (Lipinski definition) is 0. The highest BCUT2D eigenvalue weighted by atomic mass is 19.1. The van der Waals surface area contributed by atoms with Gasteiger partial charge in [-0.05, 0) is 194 Å². The smallest absolute Gasteiger partial charge is 0.123 e. The van der Waals surface area contributed by atoms with Crippen LogP contribution in [0.4, 0.5) is 8.78 Å². The predicted octanol–water partition coefficient (Wildman–Crippen LogP) is 25.9. The summed E-state index contributed by atoms with van der Waals surface area (Å²) in [6.45, 7) is 0. The summed E-state index contributed by atoms with van der Waals surface area (Å²) in [6, 6.07) is 104. The third kappa shape index (κ3) is 10.6. The molecule has 10 aromatic heterocycles. The Balaban J connectivity index is 0.000000105. The normalized spacial score (nSPS) is 14.0. The lowest BCUT2D eigenvalue weighted by Crippen LogP contribution is -2.04. The fourth-order valence-corrected chi connectivity index (χ4v) is 19.0. The van der Waals surface area contributed by atoms with E-state index in [1.807, 2.05) is 45.6 Å². The van der Waals surface area contributed by atoms with E-state index in [1.165, 1.54) is 176 Å². The first kappa shape index (κ1) is 64.7. The number of hydrogen-bond acceptors (Lipinski definition) is 3. The van der Waals surface area contributed by atoms with Crippen LogP contribution >= 0.6 is 0 Å². The quantitative estimate of drug-likeness (QED) is 0.160. The second-order valence-electron chi connectivity index (χ2n) is 30.4. The molecule has 2 fully saturated rings. The summed E-state index contributed by atoms with van der Waals surface area (Å²) in [6.07, 6.45) is 19.5. The van der Waals surface area contributed by atoms with E-state index in [4.69, 9.17) is 10.2 Å². The summed E-state index contributed by atoms with van der Waals surface area (Å²) >= 11 is 0. The molecule has 0 spiro atoms. The van der Waals surface area contributed by atoms with E-state index < -0.39 is 0 Å². The third-order valence-corrected chi connectivity index (χ3v) is 24.2. The first-order valence-corrected chi connectivity index (χ1v) is 39.1. The van der Waals surface area contributed by atoms with E-state index in [0.717, 1.165) is 83.4 Å². The number of halogens is 2. The van der Waals surface area contributed by atoms with Crippen molar-refractivity contribution in [3.63, 3.8) is 0 Å². The Morgan fingerprint density at radius 1 is 0.243 bits per heavy atom. The maximum atomic E-state index is 13.9. The second kappa shape index (κ2) is 26.2. The average molecular weight is 1440 g/mol. The molecule has 0 N–H and O–H groups in total. The van der Waals surface area contributed by atoms with Crippen molar-refractivity contribution in [2.24, 2.45) is 0 Å². The molecule has 0 atom stereocenters. The summed E-state index contributed by atoms with van der Waals surface area (Å²) < 4.78 is 43.2. The highest BCUT2D eigenvalue weighted by Crippen LogP contribution is 2.44. The number of pyridine rings is 3. The number of rotatable bonds is 7. The molecule has 12 aromatic carbocycles. The zero-order valence-corrected chi connectivity index (χ0v) is 61.0. The molecule has 0 aliphatic heterocycles. The van der Waals surface area contributed by atoms with Crippen LogP contribution in [0.25, 0.3) is 170 Å². The lowest BCUT2D eigenvalue weighted by molar-refractivity contribution is 0.444. The fraction of sp³-hybridized carbons (Fsp3) is 0.121. The van der Waals surface area contributed by atoms with Gasteiger partial charge in [-0.2, -0.15) is 15.3 Å². The molecule has 0 radical (unpaired) electrons. The Kier molecular flexibility index (Phi) is 15.3. The number of nitrogens with zero attached hydrogens (tertiary/aromatic N) is 10. The summed E-state index contributed by atoms with van der Waals surface area (Å²) in [4.78, 5) is 0. The number of fused-ring (bicyclic) bond motifs is 21. The molecular formula is C99H74F2N10. The maximum absolute atomic E-state index is 13.9. The first-order valence-electron chi connectivity index (χ1n) is 39.1. The molecule has 12 heteroatoms. The van der Waals surface area contributed by atoms with Crippen molar-refractivity contribution in [2.45, 2.75) is 76.0 Å². The monoisotopic (exact) mass is 1440 g/mol. The molecule has 22 aromatic rings. The molecular weight excluding hydrogens is 1370 g/mol. The predicted molar refractivity (Wildman–Crippen MR) is 452 cm³/mol. The largest absolute Gasteiger partial charge is 0.309 e. The van der Waals surface area contributed by atoms with Gasteiger partial charge in [0.05, 0.1) is 107 Å². The molecule has 534 valence electrons. The lowest BCUT2D eigenvalue weighted by atomic mass is 9.83. The van der Waals surface area contributed by atoms with Gasteiger partial charge in [0.15, 0.2) is 0 Å². The molecule has 24 rings (SSSR count). The molecule has 10 heterocycles. The first-order chi connectivity index (χ1) is 54.9. The van der Waals surface area contributed by atoms with Gasteiger partial charge in [-0.15, -0.1) is 0 Å². The van der Waals surface area contributed by atoms with E-state index in [2.05, 4.69) is 265 Å². The van der Waals surface area contributed by atoms with Gasteiger partial charge in [-0.3, -0.25) is 0 Å². The standard InChI is InChI=1S/C41H26N4.C35H35N3.C23H13F2N3/c1-6-16-36-27(11-1)21-22-41-35(26-42-45(36)41)28-23-29(43-37-17-7-2-12-31(37)32-13-3-8-18-38(32)43)25-30(24-28)44-39-19-9-4-14-33(39)34-15-5-10-20-40(34)44;1-3-9-24(10-4-1)27-16-18-32-29(21-27)30-22-28(25-11-5-2-6-12-25)17-19-33(30)37(32)35-23-36-38-31-14-8-7-13-26(31)15-20-34(35)38;24-15-6-9-20-17(11-15)18-12-16(25)7-10-21(18)27(20)23-13-26-28-19-4-2-1-3-14(19)5-8-22(23)28/h1-26H;7-8,13-25H,1-6,9-12H2;1-13H. The minimum Gasteiger partial charge on any atom is -0.309 e. The minimum atomic E-state index is -0.346. The Morgan fingerprint density at radius 2 is 0.559 bits per heavy atom. The van der Waals surface area contributed by atoms with Crippen molar-refractivity contribution in [3.8, 4) is 33.9 Å². The SMILES string of the molecule is Fc1ccc2c(c1)c1cc(F)ccc1n2-c1cnn2c1ccc1ccccc12.c1ccc2c(c1)ccc1c(-c3cc(-n4c5ccccc5c5ccccc54)cc(-n4c5ccccc5c5ccccc54)c3)cnn12.c1ccc2c(c1)ccc1c(-n3c4ccc(C5CCCCC5)cc4c4cc(C5CCCCC5)ccc43)cnn12. The van der Waals surface area contributed by atoms with Crippen LogP contribution in [0.1, 0.15) is 87.2 Å². The number of aromatic nitrogens is 10. The highest BCUT2D eigenvalue weighted by molar-refractivity contribution is 6.14. The summed E-state index contributed by atoms with van der Waals surface area (Å²) in [5.74, 6) is 0.719. The van der Waals surface area contributed by atoms with E-state index in [0.29, 0.717) is 22.6 Å². The summed E-state index contributed by atoms with van der Waals surface area (Å²) in [5, 5.41) is 27.0. The second-order valence-corrected chi connectivity index (χ2v) is 30.4. The zero-order chi connectivity index (χ0) is 73.4. The summed E-state index contributed by atoms with van der Waals surface area (Å²) in [7, 11) is 0. The van der Waals surface area contributed by atoms with Crippen LogP contribution in [0.3, 0.4) is 0 Å². The molecule has 2 aliphatic carbocycles. The van der Waals surface area contributed by atoms with E-state index >= 15 is 0 Å². The fourth-order valence-electron chi connectivity index (χ4n) is 19.0. The van der Waals surface area contributed by atoms with Gasteiger partial charge in [-0.25, -0.2) is 22.3 Å². The van der Waals surface area contributed by atoms with Crippen LogP contribution in [-0.2, 0) is 0 Å². The van der Waals surface area contributed by atoms with Gasteiger partial charge in [0.2, 0.25) is 0 Å². The molecule has 0 amide bonds. The van der Waals surface area contributed by atoms with Crippen molar-refractivity contribution in [2.75, 3.05) is 0 Å². The van der Waals surface area contributed by atoms with Gasteiger partial charge in [-0.1, -0.05) is 196 Å². The zero-order valence-electron chi connectivity index (χ0n) is 61.0. The van der Waals surface area contributed by atoms with Crippen LogP contribution < -0.4 is 0 Å². The number of benzene rings is 12. The third-order valence-electron chi connectivity index (χ3n) is 24.2. The Morgan fingerprint density at radius 3 is 0.964 bits per heavy atom. The Bertz CT molecular complexity index is 7120. The molecule has 10 nitrogen and oxygen atoms in total. The van der Waals surface area contributed by atoms with Crippen molar-refractivity contribution in [1.29, 1.82) is 0 Å². The molecule has 0 bridgehead atoms. The van der Waals surface area contributed by atoms with Crippen molar-refractivity contribution < 1.29 is 8.78 Å². The molecule has 2 saturated carbocycles. The minimum absolute atomic E-state index is 0.346. The van der Waals surface area contributed by atoms with Gasteiger partial charge >= 0.3 is 0 Å². The molecule has 2 aliphatic rings. The highest BCUT2D eigenvalue weighted by Gasteiger charge is 2.26. The summed E-state index contributed by atoms with van der Waals surface area (Å²) in [5.41, 5.74) is 24.9. The Labute approximate surface area is 637 Å². The molecule has 111 heavy (non-hydrogen) atoms. The van der Waals surface area contributed by atoms with Gasteiger partial charge in [0.25, 0.3) is 0 Å². The van der Waals surface area contributed by atoms with Crippen LogP contribution in [0.15, 0.2) is 316 Å². The topological polar surface area (TPSA) is 71.6 Å². The lowest BCUT2D eigenvalue weighted by Gasteiger charge is -2.22. The van der Waals surface area contributed by atoms with Crippen molar-refractivity contribution >= 4 is 136 Å². The average Bonchev–Trinajstić information content (AvgIpc) is 1.59. The van der Waals surface area contributed by atoms with Crippen LogP contribution in [0.5, 0.6) is 0 Å². The van der Waals surface area contributed by atoms with Gasteiger partial charge < -0.3 is 18.3 Å². The van der Waals surface area contributed by atoms with Crippen LogP contribution in [-0.4, -0.2) is 47.1 Å². The van der Waals surface area contributed by atoms with Crippen LogP contribution in [0, 0.1) is 11.6 Å². The van der Waals surface area contributed by atoms with Gasteiger partial charge in [0, 0.05) is 76.2 Å². The maximum Gasteiger partial charge on any atom is 0.123 e. The van der Waals surface area contributed by atoms with E-state index in [-0.39, 0.29) is 11.6 Å². The van der Waals surface area contributed by atoms with E-state index in [1.54, 1.807) is 18.3 Å². The Hall–Kier alpha value is -13.5. The van der Waals surface area contributed by atoms with Crippen molar-refractivity contribution in [1.82, 2.24) is 47.1 Å². The van der Waals surface area contributed by atoms with E-state index in [9.17, 15) is 8.78 Å². The molecule has 0 saturated heterocycles. The van der Waals surface area contributed by atoms with Crippen LogP contribution in [0.2, 0.25) is 0 Å². The van der Waals surface area contributed by atoms with Gasteiger partial charge in [0.1, 0.15) is 11.6 Å². The number of para-hydroxylation sites is 7. The van der Waals surface area contributed by atoms with Crippen molar-refractivity contribution in [3.05, 3.63) is 339 Å².